The van der Waals surface area contributed by atoms with Crippen molar-refractivity contribution in [3.8, 4) is 0 Å². The van der Waals surface area contributed by atoms with Crippen LogP contribution < -0.4 is 10.6 Å². The van der Waals surface area contributed by atoms with Crippen molar-refractivity contribution in [2.24, 2.45) is 5.92 Å². The summed E-state index contributed by atoms with van der Waals surface area (Å²) in [4.78, 5) is 41.3. The second-order valence-corrected chi connectivity index (χ2v) is 10.7. The number of carbonyl (C=O) groups excluding carboxylic acids is 3. The van der Waals surface area contributed by atoms with Gasteiger partial charge in [-0.05, 0) is 66.9 Å². The van der Waals surface area contributed by atoms with E-state index in [9.17, 15) is 14.4 Å². The fourth-order valence-electron chi connectivity index (χ4n) is 3.51. The van der Waals surface area contributed by atoms with E-state index in [0.29, 0.717) is 13.0 Å². The largest absolute Gasteiger partial charge is 0.444 e. The summed E-state index contributed by atoms with van der Waals surface area (Å²) < 4.78 is 5.40. The lowest BCUT2D eigenvalue weighted by molar-refractivity contribution is -0.143. The van der Waals surface area contributed by atoms with Gasteiger partial charge in [0.15, 0.2) is 0 Å². The topological polar surface area (TPSA) is 87.7 Å². The van der Waals surface area contributed by atoms with E-state index in [-0.39, 0.29) is 17.7 Å². The maximum atomic E-state index is 13.8. The minimum absolute atomic E-state index is 0.150. The standard InChI is InChI=1S/C26H43N3O4/c1-11-18(4)20(27-24(32)33-26(8,9)10)23(31)29(12-2)21(22(30)28-25(5,6)7)19-15-13-14-17(3)16-19/h13-16,18,20-21H,11-12H2,1-10H3,(H,27,32)(H,28,30). The monoisotopic (exact) mass is 461 g/mol. The van der Waals surface area contributed by atoms with Crippen molar-refractivity contribution in [1.82, 2.24) is 15.5 Å². The van der Waals surface area contributed by atoms with Gasteiger partial charge in [0.05, 0.1) is 0 Å². The van der Waals surface area contributed by atoms with E-state index in [2.05, 4.69) is 10.6 Å². The Bertz CT molecular complexity index is 824. The van der Waals surface area contributed by atoms with Gasteiger partial charge in [-0.25, -0.2) is 4.79 Å². The maximum Gasteiger partial charge on any atom is 0.408 e. The minimum atomic E-state index is -0.825. The number of rotatable bonds is 8. The first-order valence-electron chi connectivity index (χ1n) is 11.8. The van der Waals surface area contributed by atoms with Crippen molar-refractivity contribution in [2.45, 2.75) is 98.9 Å². The van der Waals surface area contributed by atoms with Crippen molar-refractivity contribution >= 4 is 17.9 Å². The molecule has 0 radical (unpaired) electrons. The molecule has 0 spiro atoms. The van der Waals surface area contributed by atoms with Crippen LogP contribution >= 0.6 is 0 Å². The van der Waals surface area contributed by atoms with Gasteiger partial charge >= 0.3 is 6.09 Å². The minimum Gasteiger partial charge on any atom is -0.444 e. The molecule has 7 nitrogen and oxygen atoms in total. The number of carbonyl (C=O) groups is 3. The lowest BCUT2D eigenvalue weighted by atomic mass is 9.95. The highest BCUT2D eigenvalue weighted by molar-refractivity contribution is 5.92. The van der Waals surface area contributed by atoms with E-state index in [0.717, 1.165) is 11.1 Å². The smallest absolute Gasteiger partial charge is 0.408 e. The number of aryl methyl sites for hydroxylation is 1. The molecule has 0 aliphatic carbocycles. The van der Waals surface area contributed by atoms with E-state index in [1.165, 1.54) is 0 Å². The molecule has 0 fully saturated rings. The highest BCUT2D eigenvalue weighted by Crippen LogP contribution is 2.26. The van der Waals surface area contributed by atoms with Crippen LogP contribution in [0.4, 0.5) is 4.79 Å². The molecule has 3 amide bonds. The second kappa shape index (κ2) is 11.5. The van der Waals surface area contributed by atoms with Gasteiger partial charge in [-0.15, -0.1) is 0 Å². The Morgan fingerprint density at radius 2 is 1.67 bits per heavy atom. The van der Waals surface area contributed by atoms with Crippen LogP contribution in [0.2, 0.25) is 0 Å². The second-order valence-electron chi connectivity index (χ2n) is 10.7. The fourth-order valence-corrected chi connectivity index (χ4v) is 3.51. The van der Waals surface area contributed by atoms with E-state index in [4.69, 9.17) is 4.74 Å². The van der Waals surface area contributed by atoms with Gasteiger partial charge in [-0.1, -0.05) is 50.1 Å². The van der Waals surface area contributed by atoms with Crippen molar-refractivity contribution in [3.05, 3.63) is 35.4 Å². The molecule has 0 aromatic heterocycles. The first kappa shape index (κ1) is 28.5. The number of ether oxygens (including phenoxy) is 1. The lowest BCUT2D eigenvalue weighted by Crippen LogP contribution is -2.56. The molecule has 0 heterocycles. The number of nitrogens with zero attached hydrogens (tertiary/aromatic N) is 1. The Hall–Kier alpha value is -2.57. The van der Waals surface area contributed by atoms with Crippen LogP contribution in [0.5, 0.6) is 0 Å². The Morgan fingerprint density at radius 1 is 1.06 bits per heavy atom. The molecule has 186 valence electrons. The van der Waals surface area contributed by atoms with Crippen molar-refractivity contribution in [3.63, 3.8) is 0 Å². The van der Waals surface area contributed by atoms with E-state index >= 15 is 0 Å². The molecule has 1 aromatic rings. The Labute approximate surface area is 199 Å². The van der Waals surface area contributed by atoms with Crippen molar-refractivity contribution < 1.29 is 19.1 Å². The molecule has 3 atom stereocenters. The van der Waals surface area contributed by atoms with Crippen LogP contribution in [-0.4, -0.2) is 46.5 Å². The lowest BCUT2D eigenvalue weighted by Gasteiger charge is -2.36. The highest BCUT2D eigenvalue weighted by Gasteiger charge is 2.38. The number of amides is 3. The van der Waals surface area contributed by atoms with Gasteiger partial charge in [0.25, 0.3) is 0 Å². The average Bonchev–Trinajstić information content (AvgIpc) is 2.66. The van der Waals surface area contributed by atoms with Crippen molar-refractivity contribution in [2.75, 3.05) is 6.54 Å². The molecule has 7 heteroatoms. The molecule has 33 heavy (non-hydrogen) atoms. The summed E-state index contributed by atoms with van der Waals surface area (Å²) in [6.45, 7) is 19.0. The Kier molecular flexibility index (Phi) is 9.94. The molecular weight excluding hydrogens is 418 g/mol. The average molecular weight is 462 g/mol. The fraction of sp³-hybridized carbons (Fsp3) is 0.654. The molecule has 1 rings (SSSR count). The number of alkyl carbamates (subject to hydrolysis) is 1. The molecular formula is C26H43N3O4. The van der Waals surface area contributed by atoms with Crippen LogP contribution in [0.25, 0.3) is 0 Å². The predicted octanol–water partition coefficient (Wildman–Crippen LogP) is 4.74. The van der Waals surface area contributed by atoms with E-state index < -0.39 is 29.3 Å². The Balaban J connectivity index is 3.41. The van der Waals surface area contributed by atoms with Gasteiger partial charge in [0.2, 0.25) is 11.8 Å². The van der Waals surface area contributed by atoms with Gasteiger partial charge in [0.1, 0.15) is 17.7 Å². The first-order valence-corrected chi connectivity index (χ1v) is 11.8. The highest BCUT2D eigenvalue weighted by atomic mass is 16.6. The normalized spacial score (nSPS) is 14.6. The Morgan fingerprint density at radius 3 is 2.12 bits per heavy atom. The van der Waals surface area contributed by atoms with Gasteiger partial charge in [-0.2, -0.15) is 0 Å². The zero-order valence-corrected chi connectivity index (χ0v) is 22.0. The third-order valence-electron chi connectivity index (χ3n) is 5.19. The summed E-state index contributed by atoms with van der Waals surface area (Å²) in [5.74, 6) is -0.723. The summed E-state index contributed by atoms with van der Waals surface area (Å²) in [5, 5.41) is 5.78. The number of hydrogen-bond donors (Lipinski definition) is 2. The number of benzene rings is 1. The number of likely N-dealkylation sites (N-methyl/N-ethyl adjacent to an activating group) is 1. The molecule has 0 saturated carbocycles. The zero-order chi connectivity index (χ0) is 25.6. The van der Waals surface area contributed by atoms with Crippen LogP contribution in [0.15, 0.2) is 24.3 Å². The van der Waals surface area contributed by atoms with Gasteiger partial charge < -0.3 is 20.3 Å². The van der Waals surface area contributed by atoms with Crippen molar-refractivity contribution in [1.29, 1.82) is 0 Å². The summed E-state index contributed by atoms with van der Waals surface area (Å²) in [6, 6.07) is 5.96. The maximum absolute atomic E-state index is 13.8. The molecule has 1 aromatic carbocycles. The van der Waals surface area contributed by atoms with Crippen LogP contribution in [0, 0.1) is 12.8 Å². The summed E-state index contributed by atoms with van der Waals surface area (Å²) in [5.41, 5.74) is 0.572. The van der Waals surface area contributed by atoms with Gasteiger partial charge in [-0.3, -0.25) is 9.59 Å². The molecule has 0 bridgehead atoms. The van der Waals surface area contributed by atoms with E-state index in [1.54, 1.807) is 25.7 Å². The van der Waals surface area contributed by atoms with Gasteiger partial charge in [0, 0.05) is 12.1 Å². The molecule has 0 aliphatic rings. The third-order valence-corrected chi connectivity index (χ3v) is 5.19. The third kappa shape index (κ3) is 9.06. The zero-order valence-electron chi connectivity index (χ0n) is 22.0. The first-order chi connectivity index (χ1) is 15.1. The molecule has 2 N–H and O–H groups in total. The summed E-state index contributed by atoms with van der Waals surface area (Å²) >= 11 is 0. The summed E-state index contributed by atoms with van der Waals surface area (Å²) in [7, 11) is 0. The molecule has 0 aliphatic heterocycles. The van der Waals surface area contributed by atoms with Crippen LogP contribution in [0.1, 0.15) is 85.9 Å². The van der Waals surface area contributed by atoms with Crippen LogP contribution in [0.3, 0.4) is 0 Å². The quantitative estimate of drug-likeness (QED) is 0.585. The molecule has 0 saturated heterocycles. The molecule has 3 unspecified atom stereocenters. The SMILES string of the molecule is CCC(C)C(NC(=O)OC(C)(C)C)C(=O)N(CC)C(C(=O)NC(C)(C)C)c1cccc(C)c1. The predicted molar refractivity (Wildman–Crippen MR) is 132 cm³/mol. The number of nitrogens with one attached hydrogen (secondary N) is 2. The van der Waals surface area contributed by atoms with E-state index in [1.807, 2.05) is 72.7 Å². The number of hydrogen-bond acceptors (Lipinski definition) is 4. The van der Waals surface area contributed by atoms with Crippen LogP contribution in [-0.2, 0) is 14.3 Å². The summed E-state index contributed by atoms with van der Waals surface area (Å²) in [6.07, 6.45) is 0.0241.